The van der Waals surface area contributed by atoms with Crippen LogP contribution in [0.1, 0.15) is 16.7 Å². The summed E-state index contributed by atoms with van der Waals surface area (Å²) in [6.07, 6.45) is 1.84. The average molecular weight is 429 g/mol. The Hall–Kier alpha value is -2.26. The number of rotatable bonds is 7. The van der Waals surface area contributed by atoms with Gasteiger partial charge in [-0.05, 0) is 22.8 Å². The quantitative estimate of drug-likeness (QED) is 0.697. The molecule has 0 radical (unpaired) electrons. The average Bonchev–Trinajstić information content (AvgIpc) is 3.07. The molecule has 0 spiro atoms. The molecule has 160 valence electrons. The summed E-state index contributed by atoms with van der Waals surface area (Å²) in [5.74, 6) is 0.00231. The Bertz CT molecular complexity index is 1000. The van der Waals surface area contributed by atoms with Gasteiger partial charge >= 0.3 is 0 Å². The number of nitrogens with zero attached hydrogens (tertiary/aromatic N) is 2. The summed E-state index contributed by atoms with van der Waals surface area (Å²) in [7, 11) is -3.35. The topological polar surface area (TPSA) is 81.7 Å². The summed E-state index contributed by atoms with van der Waals surface area (Å²) in [5, 5.41) is 2.84. The van der Waals surface area contributed by atoms with Crippen LogP contribution in [0.5, 0.6) is 0 Å². The van der Waals surface area contributed by atoms with Crippen molar-refractivity contribution in [2.75, 3.05) is 37.8 Å². The smallest absolute Gasteiger partial charge is 0.228 e. The molecule has 8 heteroatoms. The first-order chi connectivity index (χ1) is 14.4. The maximum absolute atomic E-state index is 12.0. The zero-order valence-electron chi connectivity index (χ0n) is 17.2. The molecule has 1 atom stereocenters. The maximum Gasteiger partial charge on any atom is 0.228 e. The van der Waals surface area contributed by atoms with Crippen LogP contribution in [0.4, 0.5) is 5.69 Å². The summed E-state index contributed by atoms with van der Waals surface area (Å²) < 4.78 is 26.8. The first-order valence-corrected chi connectivity index (χ1v) is 12.1. The van der Waals surface area contributed by atoms with Crippen LogP contribution in [0.3, 0.4) is 0 Å². The lowest BCUT2D eigenvalue weighted by Gasteiger charge is -2.39. The van der Waals surface area contributed by atoms with E-state index in [2.05, 4.69) is 44.1 Å². The van der Waals surface area contributed by atoms with E-state index < -0.39 is 10.0 Å². The summed E-state index contributed by atoms with van der Waals surface area (Å²) in [4.78, 5) is 16.2. The van der Waals surface area contributed by atoms with Crippen molar-refractivity contribution in [3.63, 3.8) is 0 Å². The number of piperazine rings is 1. The molecule has 0 saturated carbocycles. The van der Waals surface area contributed by atoms with Crippen molar-refractivity contribution in [3.05, 3.63) is 65.2 Å². The van der Waals surface area contributed by atoms with Crippen LogP contribution in [0.15, 0.2) is 48.5 Å². The van der Waals surface area contributed by atoms with Crippen molar-refractivity contribution in [1.29, 1.82) is 0 Å². The standard InChI is InChI=1S/C22H28N4O3S/c1-30(28,29)24-21(14-18-7-8-20-19(13-18)15-22(27)23-20)26-11-9-25(10-12-26)16-17-5-3-2-4-6-17/h2-8,13,21,24H,9-12,14-16H2,1H3,(H,23,27). The number of anilines is 1. The monoisotopic (exact) mass is 428 g/mol. The Labute approximate surface area is 178 Å². The highest BCUT2D eigenvalue weighted by atomic mass is 32.2. The number of benzene rings is 2. The van der Waals surface area contributed by atoms with Gasteiger partial charge in [0.1, 0.15) is 0 Å². The molecule has 0 bridgehead atoms. The molecule has 1 saturated heterocycles. The van der Waals surface area contributed by atoms with E-state index in [1.54, 1.807) is 0 Å². The van der Waals surface area contributed by atoms with Crippen molar-refractivity contribution in [2.45, 2.75) is 25.6 Å². The predicted molar refractivity (Wildman–Crippen MR) is 118 cm³/mol. The second-order valence-electron chi connectivity index (χ2n) is 8.12. The van der Waals surface area contributed by atoms with Gasteiger partial charge in [-0.15, -0.1) is 0 Å². The minimum absolute atomic E-state index is 0.00231. The number of hydrogen-bond donors (Lipinski definition) is 2. The third-order valence-corrected chi connectivity index (χ3v) is 6.37. The second kappa shape index (κ2) is 8.85. The first-order valence-electron chi connectivity index (χ1n) is 10.2. The zero-order chi connectivity index (χ0) is 21.1. The molecule has 30 heavy (non-hydrogen) atoms. The number of amides is 1. The van der Waals surface area contributed by atoms with Crippen LogP contribution in [-0.2, 0) is 34.2 Å². The number of sulfonamides is 1. The Kier molecular flexibility index (Phi) is 6.19. The van der Waals surface area contributed by atoms with Crippen molar-refractivity contribution in [1.82, 2.24) is 14.5 Å². The van der Waals surface area contributed by atoms with Gasteiger partial charge in [-0.3, -0.25) is 14.6 Å². The lowest BCUT2D eigenvalue weighted by Crippen LogP contribution is -2.56. The Morgan fingerprint density at radius 1 is 1.03 bits per heavy atom. The predicted octanol–water partition coefficient (Wildman–Crippen LogP) is 1.42. The molecule has 1 unspecified atom stereocenters. The summed E-state index contributed by atoms with van der Waals surface area (Å²) in [6.45, 7) is 4.28. The molecule has 4 rings (SSSR count). The largest absolute Gasteiger partial charge is 0.326 e. The van der Waals surface area contributed by atoms with E-state index in [4.69, 9.17) is 0 Å². The Balaban J connectivity index is 1.42. The summed E-state index contributed by atoms with van der Waals surface area (Å²) >= 11 is 0. The van der Waals surface area contributed by atoms with Gasteiger partial charge in [-0.2, -0.15) is 4.72 Å². The molecule has 0 aromatic heterocycles. The summed E-state index contributed by atoms with van der Waals surface area (Å²) in [5.41, 5.74) is 4.14. The van der Waals surface area contributed by atoms with E-state index in [-0.39, 0.29) is 12.1 Å². The molecule has 1 amide bonds. The lowest BCUT2D eigenvalue weighted by molar-refractivity contribution is -0.115. The third-order valence-electron chi connectivity index (χ3n) is 5.67. The van der Waals surface area contributed by atoms with Crippen LogP contribution in [0, 0.1) is 0 Å². The molecule has 2 heterocycles. The van der Waals surface area contributed by atoms with Gasteiger partial charge in [0.05, 0.1) is 18.8 Å². The highest BCUT2D eigenvalue weighted by molar-refractivity contribution is 7.88. The molecular weight excluding hydrogens is 400 g/mol. The molecule has 0 aliphatic carbocycles. The van der Waals surface area contributed by atoms with Crippen LogP contribution >= 0.6 is 0 Å². The molecule has 2 aromatic carbocycles. The number of nitrogens with one attached hydrogen (secondary N) is 2. The van der Waals surface area contributed by atoms with E-state index >= 15 is 0 Å². The summed E-state index contributed by atoms with van der Waals surface area (Å²) in [6, 6.07) is 16.3. The molecule has 7 nitrogen and oxygen atoms in total. The van der Waals surface area contributed by atoms with Gasteiger partial charge in [0, 0.05) is 44.8 Å². The van der Waals surface area contributed by atoms with Crippen molar-refractivity contribution in [3.8, 4) is 0 Å². The van der Waals surface area contributed by atoms with Crippen molar-refractivity contribution < 1.29 is 13.2 Å². The first kappa shape index (κ1) is 21.0. The van der Waals surface area contributed by atoms with E-state index in [1.165, 1.54) is 11.8 Å². The maximum atomic E-state index is 12.0. The number of hydrogen-bond acceptors (Lipinski definition) is 5. The van der Waals surface area contributed by atoms with E-state index in [0.29, 0.717) is 12.8 Å². The van der Waals surface area contributed by atoms with Crippen LogP contribution in [-0.4, -0.2) is 62.7 Å². The van der Waals surface area contributed by atoms with Crippen LogP contribution in [0.25, 0.3) is 0 Å². The van der Waals surface area contributed by atoms with Gasteiger partial charge in [-0.25, -0.2) is 8.42 Å². The molecule has 1 fully saturated rings. The van der Waals surface area contributed by atoms with E-state index in [0.717, 1.165) is 49.5 Å². The highest BCUT2D eigenvalue weighted by Gasteiger charge is 2.27. The molecule has 2 aliphatic heterocycles. The van der Waals surface area contributed by atoms with Gasteiger partial charge in [-0.1, -0.05) is 42.5 Å². The van der Waals surface area contributed by atoms with E-state index in [1.807, 2.05) is 24.3 Å². The lowest BCUT2D eigenvalue weighted by atomic mass is 10.0. The highest BCUT2D eigenvalue weighted by Crippen LogP contribution is 2.25. The Morgan fingerprint density at radius 3 is 2.47 bits per heavy atom. The van der Waals surface area contributed by atoms with Crippen LogP contribution < -0.4 is 10.0 Å². The number of carbonyl (C=O) groups is 1. The second-order valence-corrected chi connectivity index (χ2v) is 9.90. The fourth-order valence-electron chi connectivity index (χ4n) is 4.20. The zero-order valence-corrected chi connectivity index (χ0v) is 18.0. The fourth-order valence-corrected chi connectivity index (χ4v) is 4.93. The van der Waals surface area contributed by atoms with Gasteiger partial charge in [0.25, 0.3) is 0 Å². The number of carbonyl (C=O) groups excluding carboxylic acids is 1. The van der Waals surface area contributed by atoms with Crippen molar-refractivity contribution in [2.24, 2.45) is 0 Å². The molecule has 2 aliphatic rings. The molecular formula is C22H28N4O3S. The minimum atomic E-state index is -3.35. The normalized spacial score (nSPS) is 18.8. The van der Waals surface area contributed by atoms with E-state index in [9.17, 15) is 13.2 Å². The third kappa shape index (κ3) is 5.46. The van der Waals surface area contributed by atoms with Gasteiger partial charge in [0.2, 0.25) is 15.9 Å². The molecule has 2 N–H and O–H groups in total. The fraction of sp³-hybridized carbons (Fsp3) is 0.409. The van der Waals surface area contributed by atoms with Crippen molar-refractivity contribution >= 4 is 21.6 Å². The Morgan fingerprint density at radius 2 is 1.77 bits per heavy atom. The number of fused-ring (bicyclic) bond motifs is 1. The molecule has 2 aromatic rings. The minimum Gasteiger partial charge on any atom is -0.326 e. The van der Waals surface area contributed by atoms with Gasteiger partial charge in [0.15, 0.2) is 0 Å². The van der Waals surface area contributed by atoms with Gasteiger partial charge < -0.3 is 5.32 Å². The SMILES string of the molecule is CS(=O)(=O)NC(Cc1ccc2c(c1)CC(=O)N2)N1CCN(Cc2ccccc2)CC1. The van der Waals surface area contributed by atoms with Crippen LogP contribution in [0.2, 0.25) is 0 Å².